The van der Waals surface area contributed by atoms with Gasteiger partial charge in [0.25, 0.3) is 0 Å². The van der Waals surface area contributed by atoms with Crippen LogP contribution in [0, 0.1) is 0 Å². The molecule has 1 aliphatic rings. The number of carbonyl (C=O) groups excluding carboxylic acids is 1. The summed E-state index contributed by atoms with van der Waals surface area (Å²) in [6.07, 6.45) is 1.27. The van der Waals surface area contributed by atoms with Gasteiger partial charge in [-0.1, -0.05) is 48.5 Å². The smallest absolute Gasteiger partial charge is 0.224 e. The molecule has 0 radical (unpaired) electrons. The molecule has 0 aliphatic carbocycles. The van der Waals surface area contributed by atoms with Crippen LogP contribution in [0.1, 0.15) is 31.4 Å². The molecule has 0 aromatic heterocycles. The van der Waals surface area contributed by atoms with Crippen molar-refractivity contribution < 1.29 is 9.90 Å². The van der Waals surface area contributed by atoms with Crippen molar-refractivity contribution >= 4 is 11.6 Å². The van der Waals surface area contributed by atoms with E-state index in [9.17, 15) is 9.90 Å². The Morgan fingerprint density at radius 2 is 1.58 bits per heavy atom. The van der Waals surface area contributed by atoms with Gasteiger partial charge in [-0.05, 0) is 37.5 Å². The molecule has 4 heteroatoms. The number of para-hydroxylation sites is 1. The first-order valence-corrected chi connectivity index (χ1v) is 9.29. The molecule has 138 valence electrons. The van der Waals surface area contributed by atoms with Crippen LogP contribution in [-0.2, 0) is 17.8 Å². The summed E-state index contributed by atoms with van der Waals surface area (Å²) in [5.41, 5.74) is 2.70. The predicted octanol–water partition coefficient (Wildman–Crippen LogP) is 3.24. The number of anilines is 1. The average Bonchev–Trinajstić information content (AvgIpc) is 2.67. The summed E-state index contributed by atoms with van der Waals surface area (Å²) in [4.78, 5) is 16.9. The first-order chi connectivity index (χ1) is 12.4. The highest BCUT2D eigenvalue weighted by Gasteiger charge is 2.24. The van der Waals surface area contributed by atoms with E-state index in [-0.39, 0.29) is 5.91 Å². The molecule has 0 bridgehead atoms. The minimum absolute atomic E-state index is 0.169. The normalized spacial score (nSPS) is 15.9. The molecule has 0 saturated carbocycles. The van der Waals surface area contributed by atoms with Crippen molar-refractivity contribution in [2.45, 2.75) is 38.8 Å². The van der Waals surface area contributed by atoms with E-state index in [2.05, 4.69) is 29.2 Å². The standard InChI is InChI=1S/C22H28N2O2/c1-22(2,26)17-24-15-13-21(25)23(16-18-8-4-3-5-9-18)14-12-19-10-6-7-11-20(19)24/h3-11,26H,12-17H2,1-2H3. The fourth-order valence-corrected chi connectivity index (χ4v) is 3.52. The Bertz CT molecular complexity index is 737. The molecule has 1 aliphatic heterocycles. The van der Waals surface area contributed by atoms with Crippen LogP contribution in [0.5, 0.6) is 0 Å². The number of hydrogen-bond donors (Lipinski definition) is 1. The molecule has 1 N–H and O–H groups in total. The molecule has 0 fully saturated rings. The Balaban J connectivity index is 1.83. The van der Waals surface area contributed by atoms with Crippen molar-refractivity contribution in [3.05, 3.63) is 65.7 Å². The van der Waals surface area contributed by atoms with E-state index in [4.69, 9.17) is 0 Å². The Morgan fingerprint density at radius 3 is 2.31 bits per heavy atom. The quantitative estimate of drug-likeness (QED) is 0.919. The molecular formula is C22H28N2O2. The van der Waals surface area contributed by atoms with E-state index in [1.807, 2.05) is 49.1 Å². The van der Waals surface area contributed by atoms with E-state index in [1.165, 1.54) is 5.56 Å². The van der Waals surface area contributed by atoms with E-state index in [0.717, 1.165) is 17.7 Å². The van der Waals surface area contributed by atoms with Crippen molar-refractivity contribution in [1.29, 1.82) is 0 Å². The SMILES string of the molecule is CC(C)(O)CN1CCC(=O)N(Cc2ccccc2)CCc2ccccc21. The van der Waals surface area contributed by atoms with E-state index in [0.29, 0.717) is 32.6 Å². The number of hydrogen-bond acceptors (Lipinski definition) is 3. The molecule has 0 saturated heterocycles. The van der Waals surface area contributed by atoms with E-state index < -0.39 is 5.60 Å². The lowest BCUT2D eigenvalue weighted by Gasteiger charge is -2.32. The Kier molecular flexibility index (Phi) is 5.62. The molecular weight excluding hydrogens is 324 g/mol. The number of fused-ring (bicyclic) bond motifs is 1. The maximum absolute atomic E-state index is 12.8. The first kappa shape index (κ1) is 18.5. The molecule has 0 spiro atoms. The van der Waals surface area contributed by atoms with Crippen molar-refractivity contribution in [3.8, 4) is 0 Å². The summed E-state index contributed by atoms with van der Waals surface area (Å²) in [6.45, 7) is 6.10. The van der Waals surface area contributed by atoms with Gasteiger partial charge in [0, 0.05) is 38.3 Å². The summed E-state index contributed by atoms with van der Waals surface area (Å²) in [5.74, 6) is 0.169. The number of amides is 1. The van der Waals surface area contributed by atoms with Crippen LogP contribution in [-0.4, -0.2) is 41.1 Å². The third-order valence-corrected chi connectivity index (χ3v) is 4.73. The molecule has 2 aromatic carbocycles. The van der Waals surface area contributed by atoms with Gasteiger partial charge in [-0.15, -0.1) is 0 Å². The second-order valence-corrected chi connectivity index (χ2v) is 7.66. The van der Waals surface area contributed by atoms with Gasteiger partial charge in [-0.2, -0.15) is 0 Å². The summed E-state index contributed by atoms with van der Waals surface area (Å²) in [5, 5.41) is 10.3. The van der Waals surface area contributed by atoms with Gasteiger partial charge < -0.3 is 14.9 Å². The zero-order valence-corrected chi connectivity index (χ0v) is 15.7. The number of β-amino-alcohol motifs (C(OH)–C–C–N with tert-alkyl or cyclic N) is 1. The van der Waals surface area contributed by atoms with Crippen LogP contribution in [0.15, 0.2) is 54.6 Å². The van der Waals surface area contributed by atoms with Crippen molar-refractivity contribution in [1.82, 2.24) is 4.90 Å². The third-order valence-electron chi connectivity index (χ3n) is 4.73. The fourth-order valence-electron chi connectivity index (χ4n) is 3.52. The predicted molar refractivity (Wildman–Crippen MR) is 105 cm³/mol. The minimum Gasteiger partial charge on any atom is -0.389 e. The van der Waals surface area contributed by atoms with Crippen LogP contribution < -0.4 is 4.90 Å². The van der Waals surface area contributed by atoms with Crippen molar-refractivity contribution in [2.75, 3.05) is 24.5 Å². The van der Waals surface area contributed by atoms with Gasteiger partial charge in [0.1, 0.15) is 0 Å². The number of nitrogens with zero attached hydrogens (tertiary/aromatic N) is 2. The summed E-state index contributed by atoms with van der Waals surface area (Å²) < 4.78 is 0. The molecule has 0 unspecified atom stereocenters. The topological polar surface area (TPSA) is 43.8 Å². The van der Waals surface area contributed by atoms with Crippen LogP contribution in [0.3, 0.4) is 0 Å². The Morgan fingerprint density at radius 1 is 0.923 bits per heavy atom. The van der Waals surface area contributed by atoms with E-state index in [1.54, 1.807) is 0 Å². The Hall–Kier alpha value is -2.33. The van der Waals surface area contributed by atoms with E-state index >= 15 is 0 Å². The Labute approximate surface area is 156 Å². The molecule has 1 amide bonds. The summed E-state index contributed by atoms with van der Waals surface area (Å²) >= 11 is 0. The second-order valence-electron chi connectivity index (χ2n) is 7.66. The first-order valence-electron chi connectivity index (χ1n) is 9.29. The van der Waals surface area contributed by atoms with Gasteiger partial charge >= 0.3 is 0 Å². The molecule has 4 nitrogen and oxygen atoms in total. The maximum Gasteiger partial charge on any atom is 0.224 e. The van der Waals surface area contributed by atoms with Gasteiger partial charge in [-0.3, -0.25) is 4.79 Å². The minimum atomic E-state index is -0.812. The van der Waals surface area contributed by atoms with Crippen LogP contribution >= 0.6 is 0 Å². The van der Waals surface area contributed by atoms with Crippen LogP contribution in [0.4, 0.5) is 5.69 Å². The van der Waals surface area contributed by atoms with Gasteiger partial charge in [-0.25, -0.2) is 0 Å². The lowest BCUT2D eigenvalue weighted by Crippen LogP contribution is -2.40. The van der Waals surface area contributed by atoms with Crippen molar-refractivity contribution in [3.63, 3.8) is 0 Å². The number of aliphatic hydroxyl groups is 1. The molecule has 1 heterocycles. The lowest BCUT2D eigenvalue weighted by atomic mass is 10.1. The second kappa shape index (κ2) is 7.92. The number of carbonyl (C=O) groups is 1. The zero-order chi connectivity index (χ0) is 18.6. The van der Waals surface area contributed by atoms with Crippen molar-refractivity contribution in [2.24, 2.45) is 0 Å². The third kappa shape index (κ3) is 4.85. The summed E-state index contributed by atoms with van der Waals surface area (Å²) in [6, 6.07) is 18.4. The van der Waals surface area contributed by atoms with Gasteiger partial charge in [0.15, 0.2) is 0 Å². The molecule has 3 rings (SSSR count). The highest BCUT2D eigenvalue weighted by molar-refractivity contribution is 5.77. The van der Waals surface area contributed by atoms with Crippen LogP contribution in [0.25, 0.3) is 0 Å². The lowest BCUT2D eigenvalue weighted by molar-refractivity contribution is -0.131. The fraction of sp³-hybridized carbons (Fsp3) is 0.409. The summed E-state index contributed by atoms with van der Waals surface area (Å²) in [7, 11) is 0. The van der Waals surface area contributed by atoms with Gasteiger partial charge in [0.05, 0.1) is 5.60 Å². The zero-order valence-electron chi connectivity index (χ0n) is 15.7. The highest BCUT2D eigenvalue weighted by Crippen LogP contribution is 2.25. The van der Waals surface area contributed by atoms with Gasteiger partial charge in [0.2, 0.25) is 5.91 Å². The van der Waals surface area contributed by atoms with Crippen LogP contribution in [0.2, 0.25) is 0 Å². The number of rotatable bonds is 4. The number of benzene rings is 2. The monoisotopic (exact) mass is 352 g/mol. The highest BCUT2D eigenvalue weighted by atomic mass is 16.3. The molecule has 2 aromatic rings. The molecule has 26 heavy (non-hydrogen) atoms. The average molecular weight is 352 g/mol. The molecule has 0 atom stereocenters. The maximum atomic E-state index is 12.8. The largest absolute Gasteiger partial charge is 0.389 e.